The van der Waals surface area contributed by atoms with Gasteiger partial charge in [-0.15, -0.1) is 0 Å². The Labute approximate surface area is 80.3 Å². The van der Waals surface area contributed by atoms with Crippen LogP contribution in [0.4, 0.5) is 0 Å². The zero-order valence-corrected chi connectivity index (χ0v) is 8.62. The highest BCUT2D eigenvalue weighted by atomic mass is 16.2. The number of hydrogen-bond acceptors (Lipinski definition) is 1. The van der Waals surface area contributed by atoms with E-state index in [9.17, 15) is 4.79 Å². The van der Waals surface area contributed by atoms with Gasteiger partial charge in [0.25, 0.3) is 0 Å². The molecule has 2 unspecified atom stereocenters. The smallest absolute Gasteiger partial charge is 0.223 e. The first-order valence-corrected chi connectivity index (χ1v) is 5.49. The van der Waals surface area contributed by atoms with Crippen LogP contribution in [0.5, 0.6) is 0 Å². The highest BCUT2D eigenvalue weighted by molar-refractivity contribution is 5.78. The molecular weight excluding hydrogens is 162 g/mol. The van der Waals surface area contributed by atoms with Crippen molar-refractivity contribution in [3.05, 3.63) is 0 Å². The summed E-state index contributed by atoms with van der Waals surface area (Å²) in [5.74, 6) is 1.11. The zero-order chi connectivity index (χ0) is 9.42. The summed E-state index contributed by atoms with van der Waals surface area (Å²) < 4.78 is 0. The fraction of sp³-hybridized carbons (Fsp3) is 0.909. The summed E-state index contributed by atoms with van der Waals surface area (Å²) in [5.41, 5.74) is 0. The van der Waals surface area contributed by atoms with E-state index in [4.69, 9.17) is 0 Å². The van der Waals surface area contributed by atoms with Crippen molar-refractivity contribution in [2.75, 3.05) is 0 Å². The van der Waals surface area contributed by atoms with Crippen LogP contribution in [0, 0.1) is 5.92 Å². The molecule has 2 nitrogen and oxygen atoms in total. The molecule has 2 atom stereocenters. The van der Waals surface area contributed by atoms with Gasteiger partial charge in [-0.1, -0.05) is 6.42 Å². The standard InChI is InChI=1S/C11H19NO/c1-8-6-9(2)12(8)11(13)7-10-4-3-5-10/h8-10H,3-7H2,1-2H3. The summed E-state index contributed by atoms with van der Waals surface area (Å²) in [6.07, 6.45) is 5.90. The number of carbonyl (C=O) groups excluding carboxylic acids is 1. The van der Waals surface area contributed by atoms with E-state index < -0.39 is 0 Å². The molecule has 74 valence electrons. The summed E-state index contributed by atoms with van der Waals surface area (Å²) in [6, 6.07) is 1.00. The largest absolute Gasteiger partial charge is 0.337 e. The normalized spacial score (nSPS) is 33.8. The molecule has 2 fully saturated rings. The molecule has 2 rings (SSSR count). The Morgan fingerprint density at radius 1 is 1.31 bits per heavy atom. The quantitative estimate of drug-likeness (QED) is 0.639. The van der Waals surface area contributed by atoms with Gasteiger partial charge in [0.05, 0.1) is 0 Å². The Morgan fingerprint density at radius 2 is 1.92 bits per heavy atom. The van der Waals surface area contributed by atoms with Gasteiger partial charge in [0, 0.05) is 18.5 Å². The Kier molecular flexibility index (Phi) is 2.31. The number of rotatable bonds is 2. The van der Waals surface area contributed by atoms with Gasteiger partial charge in [0.15, 0.2) is 0 Å². The Bertz CT molecular complexity index is 202. The SMILES string of the molecule is CC1CC(C)N1C(=O)CC1CCC1. The molecule has 0 aromatic carbocycles. The molecule has 13 heavy (non-hydrogen) atoms. The molecule has 0 spiro atoms. The van der Waals surface area contributed by atoms with Crippen molar-refractivity contribution >= 4 is 5.91 Å². The molecule has 0 aromatic heterocycles. The molecule has 1 saturated heterocycles. The average Bonchev–Trinajstić information content (AvgIpc) is 1.96. The lowest BCUT2D eigenvalue weighted by atomic mass is 9.82. The van der Waals surface area contributed by atoms with Crippen molar-refractivity contribution < 1.29 is 4.79 Å². The van der Waals surface area contributed by atoms with Gasteiger partial charge >= 0.3 is 0 Å². The molecule has 0 bridgehead atoms. The summed E-state index contributed by atoms with van der Waals surface area (Å²) in [5, 5.41) is 0. The molecule has 1 aliphatic carbocycles. The number of likely N-dealkylation sites (tertiary alicyclic amines) is 1. The fourth-order valence-electron chi connectivity index (χ4n) is 2.56. The van der Waals surface area contributed by atoms with E-state index in [-0.39, 0.29) is 0 Å². The zero-order valence-electron chi connectivity index (χ0n) is 8.62. The lowest BCUT2D eigenvalue weighted by Gasteiger charge is -2.46. The first-order chi connectivity index (χ1) is 6.18. The lowest BCUT2D eigenvalue weighted by molar-refractivity contribution is -0.144. The molecule has 1 heterocycles. The molecule has 0 N–H and O–H groups in total. The lowest BCUT2D eigenvalue weighted by Crippen LogP contribution is -2.56. The minimum atomic E-state index is 0.399. The monoisotopic (exact) mass is 181 g/mol. The first-order valence-electron chi connectivity index (χ1n) is 5.49. The van der Waals surface area contributed by atoms with E-state index in [1.165, 1.54) is 25.7 Å². The van der Waals surface area contributed by atoms with Gasteiger partial charge < -0.3 is 4.90 Å². The van der Waals surface area contributed by atoms with Crippen LogP contribution in [0.15, 0.2) is 0 Å². The van der Waals surface area contributed by atoms with Gasteiger partial charge in [0.2, 0.25) is 5.91 Å². The Morgan fingerprint density at radius 3 is 2.31 bits per heavy atom. The predicted molar refractivity (Wildman–Crippen MR) is 52.3 cm³/mol. The van der Waals surface area contributed by atoms with E-state index in [0.717, 1.165) is 6.42 Å². The number of hydrogen-bond donors (Lipinski definition) is 0. The van der Waals surface area contributed by atoms with Crippen molar-refractivity contribution in [3.8, 4) is 0 Å². The third kappa shape index (κ3) is 1.59. The number of amides is 1. The number of carbonyl (C=O) groups is 1. The summed E-state index contributed by atoms with van der Waals surface area (Å²) in [6.45, 7) is 4.30. The minimum absolute atomic E-state index is 0.399. The van der Waals surface area contributed by atoms with E-state index >= 15 is 0 Å². The van der Waals surface area contributed by atoms with Crippen molar-refractivity contribution in [1.82, 2.24) is 4.90 Å². The van der Waals surface area contributed by atoms with Crippen molar-refractivity contribution in [2.45, 2.75) is 58.0 Å². The van der Waals surface area contributed by atoms with E-state index in [0.29, 0.717) is 23.9 Å². The Balaban J connectivity index is 1.81. The maximum Gasteiger partial charge on any atom is 0.223 e. The topological polar surface area (TPSA) is 20.3 Å². The predicted octanol–water partition coefficient (Wildman–Crippen LogP) is 2.19. The second kappa shape index (κ2) is 3.32. The molecule has 0 aromatic rings. The molecular formula is C11H19NO. The second-order valence-electron chi connectivity index (χ2n) is 4.74. The van der Waals surface area contributed by atoms with Crippen LogP contribution in [0.25, 0.3) is 0 Å². The molecule has 0 radical (unpaired) electrons. The number of nitrogens with zero attached hydrogens (tertiary/aromatic N) is 1. The minimum Gasteiger partial charge on any atom is -0.337 e. The third-order valence-electron chi connectivity index (χ3n) is 3.61. The van der Waals surface area contributed by atoms with Crippen LogP contribution < -0.4 is 0 Å². The summed E-state index contributed by atoms with van der Waals surface area (Å²) >= 11 is 0. The van der Waals surface area contributed by atoms with Crippen LogP contribution >= 0.6 is 0 Å². The summed E-state index contributed by atoms with van der Waals surface area (Å²) in [4.78, 5) is 13.8. The second-order valence-corrected chi connectivity index (χ2v) is 4.74. The molecule has 2 aliphatic rings. The van der Waals surface area contributed by atoms with Gasteiger partial charge in [0.1, 0.15) is 0 Å². The van der Waals surface area contributed by atoms with Gasteiger partial charge in [-0.05, 0) is 39.0 Å². The molecule has 1 saturated carbocycles. The van der Waals surface area contributed by atoms with Crippen molar-refractivity contribution in [3.63, 3.8) is 0 Å². The Hall–Kier alpha value is -0.530. The fourth-order valence-corrected chi connectivity index (χ4v) is 2.56. The van der Waals surface area contributed by atoms with Gasteiger partial charge in [-0.2, -0.15) is 0 Å². The molecule has 1 aliphatic heterocycles. The van der Waals surface area contributed by atoms with E-state index in [1.54, 1.807) is 0 Å². The van der Waals surface area contributed by atoms with Crippen LogP contribution in [0.1, 0.15) is 46.0 Å². The average molecular weight is 181 g/mol. The first kappa shape index (κ1) is 9.04. The maximum atomic E-state index is 11.8. The van der Waals surface area contributed by atoms with Crippen LogP contribution in [-0.2, 0) is 4.79 Å². The van der Waals surface area contributed by atoms with E-state index in [2.05, 4.69) is 18.7 Å². The van der Waals surface area contributed by atoms with Crippen LogP contribution in [-0.4, -0.2) is 22.9 Å². The van der Waals surface area contributed by atoms with Crippen LogP contribution in [0.2, 0.25) is 0 Å². The highest BCUT2D eigenvalue weighted by Gasteiger charge is 2.36. The summed E-state index contributed by atoms with van der Waals surface area (Å²) in [7, 11) is 0. The third-order valence-corrected chi connectivity index (χ3v) is 3.61. The molecule has 2 heteroatoms. The molecule has 1 amide bonds. The van der Waals surface area contributed by atoms with Crippen molar-refractivity contribution in [1.29, 1.82) is 0 Å². The van der Waals surface area contributed by atoms with Gasteiger partial charge in [-0.25, -0.2) is 0 Å². The van der Waals surface area contributed by atoms with Crippen LogP contribution in [0.3, 0.4) is 0 Å². The van der Waals surface area contributed by atoms with E-state index in [1.807, 2.05) is 0 Å². The highest BCUT2D eigenvalue weighted by Crippen LogP contribution is 2.33. The van der Waals surface area contributed by atoms with Crippen molar-refractivity contribution in [2.24, 2.45) is 5.92 Å². The van der Waals surface area contributed by atoms with Gasteiger partial charge in [-0.3, -0.25) is 4.79 Å². The maximum absolute atomic E-state index is 11.8.